The first-order chi connectivity index (χ1) is 12.2. The molecule has 3 rings (SSSR count). The molecule has 0 radical (unpaired) electrons. The highest BCUT2D eigenvalue weighted by Crippen LogP contribution is 2.17. The summed E-state index contributed by atoms with van der Waals surface area (Å²) in [6.45, 7) is 4.10. The van der Waals surface area contributed by atoms with E-state index in [4.69, 9.17) is 11.6 Å². The lowest BCUT2D eigenvalue weighted by molar-refractivity contribution is -0.119. The van der Waals surface area contributed by atoms with Crippen molar-refractivity contribution in [1.29, 1.82) is 0 Å². The van der Waals surface area contributed by atoms with E-state index in [9.17, 15) is 4.79 Å². The van der Waals surface area contributed by atoms with Gasteiger partial charge < -0.3 is 4.90 Å². The van der Waals surface area contributed by atoms with E-state index < -0.39 is 0 Å². The molecule has 0 unspecified atom stereocenters. The van der Waals surface area contributed by atoms with Gasteiger partial charge in [0.05, 0.1) is 0 Å². The summed E-state index contributed by atoms with van der Waals surface area (Å²) in [7, 11) is 0. The van der Waals surface area contributed by atoms with Crippen molar-refractivity contribution < 1.29 is 4.79 Å². The lowest BCUT2D eigenvalue weighted by atomic mass is 10.2. The number of anilines is 1. The number of carbonyl (C=O) groups excluding carboxylic acids is 1. The number of aromatic nitrogens is 4. The van der Waals surface area contributed by atoms with Crippen molar-refractivity contribution in [3.05, 3.63) is 72.3 Å². The summed E-state index contributed by atoms with van der Waals surface area (Å²) < 4.78 is 0. The maximum Gasteiger partial charge on any atom is 0.250 e. The molecule has 1 amide bonds. The molecule has 7 heteroatoms. The predicted octanol–water partition coefficient (Wildman–Crippen LogP) is 3.21. The van der Waals surface area contributed by atoms with Crippen LogP contribution in [0.2, 0.25) is 5.02 Å². The van der Waals surface area contributed by atoms with Gasteiger partial charge >= 0.3 is 0 Å². The van der Waals surface area contributed by atoms with Gasteiger partial charge in [-0.3, -0.25) is 4.79 Å². The summed E-state index contributed by atoms with van der Waals surface area (Å²) in [6, 6.07) is 16.5. The number of hydrogen-bond donors (Lipinski definition) is 0. The topological polar surface area (TPSA) is 63.9 Å². The molecule has 0 spiro atoms. The molecule has 2 aromatic carbocycles. The van der Waals surface area contributed by atoms with E-state index in [1.165, 1.54) is 4.80 Å². The molecule has 1 aromatic heterocycles. The minimum absolute atomic E-state index is 0.0106. The monoisotopic (exact) mass is 353 g/mol. The molecule has 0 saturated carbocycles. The van der Waals surface area contributed by atoms with E-state index in [1.807, 2.05) is 30.3 Å². The number of tetrazole rings is 1. The second-order valence-electron chi connectivity index (χ2n) is 5.28. The first kappa shape index (κ1) is 16.9. The fourth-order valence-electron chi connectivity index (χ4n) is 2.32. The van der Waals surface area contributed by atoms with Gasteiger partial charge in [-0.25, -0.2) is 0 Å². The molecule has 0 atom stereocenters. The van der Waals surface area contributed by atoms with E-state index >= 15 is 0 Å². The number of hydrogen-bond acceptors (Lipinski definition) is 4. The Hall–Kier alpha value is -2.99. The Morgan fingerprint density at radius 3 is 2.56 bits per heavy atom. The van der Waals surface area contributed by atoms with Crippen LogP contribution in [-0.4, -0.2) is 32.7 Å². The lowest BCUT2D eigenvalue weighted by Crippen LogP contribution is -2.34. The molecule has 25 heavy (non-hydrogen) atoms. The summed E-state index contributed by atoms with van der Waals surface area (Å²) in [5.74, 6) is 0.297. The Kier molecular flexibility index (Phi) is 5.20. The fraction of sp³-hybridized carbons (Fsp3) is 0.111. The molecule has 0 aliphatic heterocycles. The van der Waals surface area contributed by atoms with Crippen molar-refractivity contribution in [2.75, 3.05) is 11.4 Å². The van der Waals surface area contributed by atoms with Gasteiger partial charge in [-0.1, -0.05) is 35.9 Å². The van der Waals surface area contributed by atoms with Crippen molar-refractivity contribution >= 4 is 23.2 Å². The number of para-hydroxylation sites is 1. The van der Waals surface area contributed by atoms with E-state index in [-0.39, 0.29) is 12.5 Å². The zero-order chi connectivity index (χ0) is 17.6. The molecule has 0 aliphatic rings. The summed E-state index contributed by atoms with van der Waals surface area (Å²) in [5.41, 5.74) is 1.58. The average Bonchev–Trinajstić information content (AvgIpc) is 3.09. The molecule has 126 valence electrons. The van der Waals surface area contributed by atoms with Crippen LogP contribution in [0, 0.1) is 0 Å². The summed E-state index contributed by atoms with van der Waals surface area (Å²) >= 11 is 5.88. The molecular formula is C18H16ClN5O. The normalized spacial score (nSPS) is 10.4. The number of nitrogens with zero attached hydrogens (tertiary/aromatic N) is 5. The SMILES string of the molecule is C=CCN(C(=O)Cn1nnc(-c2ccc(Cl)cc2)n1)c1ccccc1. The van der Waals surface area contributed by atoms with Crippen LogP contribution in [0.15, 0.2) is 67.3 Å². The zero-order valence-electron chi connectivity index (χ0n) is 13.4. The van der Waals surface area contributed by atoms with Crippen LogP contribution in [0.4, 0.5) is 5.69 Å². The highest BCUT2D eigenvalue weighted by atomic mass is 35.5. The standard InChI is InChI=1S/C18H16ClN5O/c1-2-12-23(16-6-4-3-5-7-16)17(25)13-24-21-18(20-22-24)14-8-10-15(19)11-9-14/h2-11H,1,12-13H2. The van der Waals surface area contributed by atoms with E-state index in [1.54, 1.807) is 35.2 Å². The van der Waals surface area contributed by atoms with Gasteiger partial charge in [-0.2, -0.15) is 4.80 Å². The molecule has 0 N–H and O–H groups in total. The van der Waals surface area contributed by atoms with Crippen LogP contribution < -0.4 is 4.90 Å². The number of amides is 1. The summed E-state index contributed by atoms with van der Waals surface area (Å²) in [4.78, 5) is 15.5. The first-order valence-electron chi connectivity index (χ1n) is 7.67. The molecule has 0 bridgehead atoms. The largest absolute Gasteiger partial charge is 0.307 e. The van der Waals surface area contributed by atoms with Crippen LogP contribution in [0.1, 0.15) is 0 Å². The molecule has 6 nitrogen and oxygen atoms in total. The number of rotatable bonds is 6. The minimum Gasteiger partial charge on any atom is -0.307 e. The Labute approximate surface area is 150 Å². The van der Waals surface area contributed by atoms with E-state index in [0.717, 1.165) is 11.3 Å². The quantitative estimate of drug-likeness (QED) is 0.638. The van der Waals surface area contributed by atoms with Gasteiger partial charge in [0, 0.05) is 22.8 Å². The molecule has 0 aliphatic carbocycles. The second-order valence-corrected chi connectivity index (χ2v) is 5.72. The smallest absolute Gasteiger partial charge is 0.250 e. The predicted molar refractivity (Wildman–Crippen MR) is 97.3 cm³/mol. The molecule has 0 fully saturated rings. The summed E-state index contributed by atoms with van der Waals surface area (Å²) in [6.07, 6.45) is 1.68. The highest BCUT2D eigenvalue weighted by molar-refractivity contribution is 6.30. The third-order valence-electron chi connectivity index (χ3n) is 3.51. The molecule has 1 heterocycles. The van der Waals surface area contributed by atoms with Crippen LogP contribution in [0.5, 0.6) is 0 Å². The maximum absolute atomic E-state index is 12.6. The fourth-order valence-corrected chi connectivity index (χ4v) is 2.45. The van der Waals surface area contributed by atoms with Gasteiger partial charge in [-0.05, 0) is 41.6 Å². The lowest BCUT2D eigenvalue weighted by Gasteiger charge is -2.20. The van der Waals surface area contributed by atoms with Crippen molar-refractivity contribution in [2.45, 2.75) is 6.54 Å². The molecule has 0 saturated heterocycles. The Morgan fingerprint density at radius 2 is 1.88 bits per heavy atom. The Bertz CT molecular complexity index is 861. The molecule has 3 aromatic rings. The van der Waals surface area contributed by atoms with Gasteiger partial charge in [-0.15, -0.1) is 16.8 Å². The Morgan fingerprint density at radius 1 is 1.16 bits per heavy atom. The zero-order valence-corrected chi connectivity index (χ0v) is 14.2. The molecular weight excluding hydrogens is 338 g/mol. The van der Waals surface area contributed by atoms with Crippen LogP contribution in [0.25, 0.3) is 11.4 Å². The van der Waals surface area contributed by atoms with Gasteiger partial charge in [0.1, 0.15) is 6.54 Å². The average molecular weight is 354 g/mol. The van der Waals surface area contributed by atoms with Crippen molar-refractivity contribution in [1.82, 2.24) is 20.2 Å². The van der Waals surface area contributed by atoms with Crippen LogP contribution >= 0.6 is 11.6 Å². The van der Waals surface area contributed by atoms with Gasteiger partial charge in [0.25, 0.3) is 5.91 Å². The van der Waals surface area contributed by atoms with Crippen molar-refractivity contribution in [3.63, 3.8) is 0 Å². The highest BCUT2D eigenvalue weighted by Gasteiger charge is 2.16. The minimum atomic E-state index is -0.147. The third-order valence-corrected chi connectivity index (χ3v) is 3.76. The Balaban J connectivity index is 1.76. The van der Waals surface area contributed by atoms with Crippen LogP contribution in [0.3, 0.4) is 0 Å². The third kappa shape index (κ3) is 4.10. The van der Waals surface area contributed by atoms with E-state index in [2.05, 4.69) is 22.0 Å². The van der Waals surface area contributed by atoms with Crippen LogP contribution in [-0.2, 0) is 11.3 Å². The first-order valence-corrected chi connectivity index (χ1v) is 8.05. The van der Waals surface area contributed by atoms with Crippen molar-refractivity contribution in [2.24, 2.45) is 0 Å². The number of halogens is 1. The van der Waals surface area contributed by atoms with E-state index in [0.29, 0.717) is 17.4 Å². The number of benzene rings is 2. The van der Waals surface area contributed by atoms with Gasteiger partial charge in [0.2, 0.25) is 5.82 Å². The van der Waals surface area contributed by atoms with Gasteiger partial charge in [0.15, 0.2) is 0 Å². The summed E-state index contributed by atoms with van der Waals surface area (Å²) in [5, 5.41) is 12.9. The second kappa shape index (κ2) is 7.72. The maximum atomic E-state index is 12.6. The number of carbonyl (C=O) groups is 1. The van der Waals surface area contributed by atoms with Crippen molar-refractivity contribution in [3.8, 4) is 11.4 Å².